The Hall–Kier alpha value is -1.49. The van der Waals surface area contributed by atoms with Gasteiger partial charge in [-0.2, -0.15) is 0 Å². The largest absolute Gasteiger partial charge is 0.205 e. The Bertz CT molecular complexity index is 583. The van der Waals surface area contributed by atoms with Gasteiger partial charge >= 0.3 is 0 Å². The molecular formula is C8H4FN3S. The zero-order chi connectivity index (χ0) is 8.84. The SMILES string of the molecule is Fc1cccc2c1sc1cnnn12. The van der Waals surface area contributed by atoms with Crippen molar-refractivity contribution in [3.63, 3.8) is 0 Å². The van der Waals surface area contributed by atoms with Gasteiger partial charge in [-0.3, -0.25) is 0 Å². The van der Waals surface area contributed by atoms with Crippen LogP contribution in [0.4, 0.5) is 4.39 Å². The highest BCUT2D eigenvalue weighted by molar-refractivity contribution is 7.23. The van der Waals surface area contributed by atoms with Crippen molar-refractivity contribution in [3.8, 4) is 0 Å². The van der Waals surface area contributed by atoms with Crippen LogP contribution in [0.1, 0.15) is 0 Å². The molecular weight excluding hydrogens is 189 g/mol. The summed E-state index contributed by atoms with van der Waals surface area (Å²) in [5, 5.41) is 7.60. The maximum Gasteiger partial charge on any atom is 0.142 e. The topological polar surface area (TPSA) is 30.2 Å². The number of fused-ring (bicyclic) bond motifs is 3. The lowest BCUT2D eigenvalue weighted by molar-refractivity contribution is 0.641. The van der Waals surface area contributed by atoms with Gasteiger partial charge in [0.25, 0.3) is 0 Å². The molecule has 0 aliphatic carbocycles. The lowest BCUT2D eigenvalue weighted by atomic mass is 10.3. The third-order valence-electron chi connectivity index (χ3n) is 1.90. The number of thiazole rings is 1. The number of hydrogen-bond acceptors (Lipinski definition) is 3. The van der Waals surface area contributed by atoms with E-state index in [9.17, 15) is 4.39 Å². The van der Waals surface area contributed by atoms with Crippen molar-refractivity contribution in [2.24, 2.45) is 0 Å². The molecule has 0 bridgehead atoms. The third-order valence-corrected chi connectivity index (χ3v) is 2.99. The summed E-state index contributed by atoms with van der Waals surface area (Å²) in [5.74, 6) is -0.201. The highest BCUT2D eigenvalue weighted by Gasteiger charge is 2.08. The molecule has 0 spiro atoms. The van der Waals surface area contributed by atoms with Crippen LogP contribution in [-0.2, 0) is 0 Å². The van der Waals surface area contributed by atoms with Gasteiger partial charge in [-0.05, 0) is 12.1 Å². The number of hydrogen-bond donors (Lipinski definition) is 0. The minimum Gasteiger partial charge on any atom is -0.205 e. The van der Waals surface area contributed by atoms with Crippen molar-refractivity contribution < 1.29 is 4.39 Å². The second kappa shape index (κ2) is 2.26. The van der Waals surface area contributed by atoms with Gasteiger partial charge in [-0.25, -0.2) is 8.91 Å². The molecule has 2 heterocycles. The fraction of sp³-hybridized carbons (Fsp3) is 0. The molecule has 0 atom stereocenters. The quantitative estimate of drug-likeness (QED) is 0.547. The fourth-order valence-corrected chi connectivity index (χ4v) is 2.29. The Labute approximate surface area is 76.4 Å². The Morgan fingerprint density at radius 3 is 3.23 bits per heavy atom. The van der Waals surface area contributed by atoms with Gasteiger partial charge in [0.15, 0.2) is 0 Å². The molecule has 1 aromatic carbocycles. The van der Waals surface area contributed by atoms with Crippen LogP contribution in [0, 0.1) is 5.82 Å². The molecule has 0 N–H and O–H groups in total. The maximum atomic E-state index is 13.3. The molecule has 13 heavy (non-hydrogen) atoms. The molecule has 3 nitrogen and oxygen atoms in total. The first-order valence-corrected chi connectivity index (χ1v) is 4.55. The second-order valence-corrected chi connectivity index (χ2v) is 3.70. The lowest BCUT2D eigenvalue weighted by Gasteiger charge is -1.89. The molecule has 64 valence electrons. The van der Waals surface area contributed by atoms with Crippen LogP contribution in [0.3, 0.4) is 0 Å². The molecule has 0 saturated carbocycles. The first kappa shape index (κ1) is 6.97. The molecule has 2 aromatic heterocycles. The summed E-state index contributed by atoms with van der Waals surface area (Å²) < 4.78 is 15.5. The number of rotatable bonds is 0. The van der Waals surface area contributed by atoms with Crippen LogP contribution in [0.2, 0.25) is 0 Å². The third kappa shape index (κ3) is 0.818. The predicted octanol–water partition coefficient (Wildman–Crippen LogP) is 2.08. The van der Waals surface area contributed by atoms with E-state index in [1.807, 2.05) is 6.07 Å². The Morgan fingerprint density at radius 2 is 2.31 bits per heavy atom. The monoisotopic (exact) mass is 193 g/mol. The molecule has 5 heteroatoms. The van der Waals surface area contributed by atoms with Gasteiger partial charge < -0.3 is 0 Å². The molecule has 0 saturated heterocycles. The van der Waals surface area contributed by atoms with E-state index in [-0.39, 0.29) is 5.82 Å². The minimum absolute atomic E-state index is 0.201. The number of benzene rings is 1. The fourth-order valence-electron chi connectivity index (χ4n) is 1.33. The van der Waals surface area contributed by atoms with E-state index >= 15 is 0 Å². The van der Waals surface area contributed by atoms with Gasteiger partial charge in [0.05, 0.1) is 16.4 Å². The van der Waals surface area contributed by atoms with Crippen molar-refractivity contribution in [3.05, 3.63) is 30.2 Å². The summed E-state index contributed by atoms with van der Waals surface area (Å²) >= 11 is 1.36. The summed E-state index contributed by atoms with van der Waals surface area (Å²) in [7, 11) is 0. The van der Waals surface area contributed by atoms with Crippen LogP contribution in [0.25, 0.3) is 15.0 Å². The normalized spacial score (nSPS) is 11.5. The van der Waals surface area contributed by atoms with Gasteiger partial charge in [0, 0.05) is 0 Å². The van der Waals surface area contributed by atoms with Crippen molar-refractivity contribution in [2.45, 2.75) is 0 Å². The minimum atomic E-state index is -0.201. The zero-order valence-electron chi connectivity index (χ0n) is 6.44. The summed E-state index contributed by atoms with van der Waals surface area (Å²) in [6.45, 7) is 0. The maximum absolute atomic E-state index is 13.3. The van der Waals surface area contributed by atoms with Crippen molar-refractivity contribution in [1.29, 1.82) is 0 Å². The molecule has 0 aliphatic heterocycles. The van der Waals surface area contributed by atoms with Gasteiger partial charge in [-0.15, -0.1) is 16.4 Å². The number of nitrogens with zero attached hydrogens (tertiary/aromatic N) is 3. The average molecular weight is 193 g/mol. The van der Waals surface area contributed by atoms with E-state index in [4.69, 9.17) is 0 Å². The highest BCUT2D eigenvalue weighted by atomic mass is 32.1. The lowest BCUT2D eigenvalue weighted by Crippen LogP contribution is -1.83. The van der Waals surface area contributed by atoms with E-state index in [1.54, 1.807) is 16.8 Å². The molecule has 0 amide bonds. The predicted molar refractivity (Wildman–Crippen MR) is 48.3 cm³/mol. The number of halogens is 1. The van der Waals surface area contributed by atoms with Crippen molar-refractivity contribution in [2.75, 3.05) is 0 Å². The van der Waals surface area contributed by atoms with Crippen LogP contribution < -0.4 is 0 Å². The first-order valence-electron chi connectivity index (χ1n) is 3.74. The summed E-state index contributed by atoms with van der Waals surface area (Å²) in [5.41, 5.74) is 0.775. The van der Waals surface area contributed by atoms with E-state index in [1.165, 1.54) is 17.4 Å². The van der Waals surface area contributed by atoms with Gasteiger partial charge in [-0.1, -0.05) is 11.3 Å². The molecule has 0 unspecified atom stereocenters. The summed E-state index contributed by atoms with van der Waals surface area (Å²) in [6.07, 6.45) is 1.63. The molecule has 0 fully saturated rings. The molecule has 3 aromatic rings. The van der Waals surface area contributed by atoms with Crippen LogP contribution in [-0.4, -0.2) is 14.8 Å². The van der Waals surface area contributed by atoms with Gasteiger partial charge in [0.1, 0.15) is 10.6 Å². The first-order chi connectivity index (χ1) is 6.36. The Kier molecular flexibility index (Phi) is 1.21. The van der Waals surface area contributed by atoms with Crippen LogP contribution >= 0.6 is 11.3 Å². The highest BCUT2D eigenvalue weighted by Crippen LogP contribution is 2.26. The number of aromatic nitrogens is 3. The Balaban J connectivity index is 2.66. The van der Waals surface area contributed by atoms with Crippen molar-refractivity contribution >= 4 is 26.4 Å². The van der Waals surface area contributed by atoms with Gasteiger partial charge in [0.2, 0.25) is 0 Å². The Morgan fingerprint density at radius 1 is 1.38 bits per heavy atom. The smallest absolute Gasteiger partial charge is 0.142 e. The zero-order valence-corrected chi connectivity index (χ0v) is 7.25. The van der Waals surface area contributed by atoms with E-state index in [2.05, 4.69) is 10.3 Å². The van der Waals surface area contributed by atoms with E-state index in [0.717, 1.165) is 10.3 Å². The summed E-state index contributed by atoms with van der Waals surface area (Å²) in [4.78, 5) is 0.861. The van der Waals surface area contributed by atoms with Crippen LogP contribution in [0.15, 0.2) is 24.4 Å². The van der Waals surface area contributed by atoms with Crippen molar-refractivity contribution in [1.82, 2.24) is 14.8 Å². The summed E-state index contributed by atoms with van der Waals surface area (Å²) in [6, 6.07) is 4.95. The second-order valence-electron chi connectivity index (χ2n) is 2.67. The standard InChI is InChI=1S/C8H4FN3S/c9-5-2-1-3-6-8(5)13-7-4-10-11-12(6)7/h1-4H. The van der Waals surface area contributed by atoms with E-state index in [0.29, 0.717) is 4.70 Å². The molecule has 0 aliphatic rings. The van der Waals surface area contributed by atoms with E-state index < -0.39 is 0 Å². The average Bonchev–Trinajstić information content (AvgIpc) is 2.65. The molecule has 0 radical (unpaired) electrons. The molecule has 3 rings (SSSR count). The van der Waals surface area contributed by atoms with Crippen LogP contribution in [0.5, 0.6) is 0 Å².